The third-order valence-corrected chi connectivity index (χ3v) is 4.97. The Bertz CT molecular complexity index is 989. The summed E-state index contributed by atoms with van der Waals surface area (Å²) < 4.78 is 41.6. The van der Waals surface area contributed by atoms with E-state index in [1.807, 2.05) is 0 Å². The van der Waals surface area contributed by atoms with E-state index in [9.17, 15) is 22.4 Å². The van der Waals surface area contributed by atoms with Crippen LogP contribution in [-0.2, 0) is 26.1 Å². The van der Waals surface area contributed by atoms with Crippen LogP contribution in [-0.4, -0.2) is 26.9 Å². The van der Waals surface area contributed by atoms with E-state index >= 15 is 0 Å². The highest BCUT2D eigenvalue weighted by Gasteiger charge is 2.19. The highest BCUT2D eigenvalue weighted by Crippen LogP contribution is 2.20. The van der Waals surface area contributed by atoms with E-state index in [1.165, 1.54) is 24.3 Å². The zero-order valence-electron chi connectivity index (χ0n) is 14.8. The highest BCUT2D eigenvalue weighted by molar-refractivity contribution is 7.89. The third kappa shape index (κ3) is 5.35. The van der Waals surface area contributed by atoms with Gasteiger partial charge in [-0.1, -0.05) is 18.2 Å². The molecule has 0 aliphatic heterocycles. The second-order valence-corrected chi connectivity index (χ2v) is 7.44. The fourth-order valence-electron chi connectivity index (χ4n) is 2.34. The predicted octanol–water partition coefficient (Wildman–Crippen LogP) is 1.56. The van der Waals surface area contributed by atoms with Crippen LogP contribution in [0.3, 0.4) is 0 Å². The number of benzene rings is 2. The minimum absolute atomic E-state index is 0.0379. The molecule has 0 bridgehead atoms. The number of primary sulfonamides is 1. The van der Waals surface area contributed by atoms with Gasteiger partial charge < -0.3 is 10.1 Å². The number of carbonyl (C=O) groups excluding carboxylic acids is 2. The first-order chi connectivity index (χ1) is 12.6. The van der Waals surface area contributed by atoms with Gasteiger partial charge in [-0.25, -0.2) is 22.7 Å². The first kappa shape index (κ1) is 20.5. The van der Waals surface area contributed by atoms with Crippen molar-refractivity contribution >= 4 is 21.9 Å². The number of esters is 1. The molecule has 9 heteroatoms. The summed E-state index contributed by atoms with van der Waals surface area (Å²) in [5.41, 5.74) is 1.22. The summed E-state index contributed by atoms with van der Waals surface area (Å²) in [5, 5.41) is 7.58. The maximum absolute atomic E-state index is 13.5. The number of halogens is 1. The van der Waals surface area contributed by atoms with Gasteiger partial charge in [-0.15, -0.1) is 0 Å². The van der Waals surface area contributed by atoms with Gasteiger partial charge in [0, 0.05) is 12.1 Å². The first-order valence-corrected chi connectivity index (χ1v) is 9.45. The molecule has 0 aliphatic carbocycles. The van der Waals surface area contributed by atoms with Crippen molar-refractivity contribution in [3.63, 3.8) is 0 Å². The quantitative estimate of drug-likeness (QED) is 0.722. The lowest BCUT2D eigenvalue weighted by atomic mass is 10.1. The molecule has 2 aromatic rings. The molecule has 0 aromatic heterocycles. The summed E-state index contributed by atoms with van der Waals surface area (Å²) in [7, 11) is -4.01. The van der Waals surface area contributed by atoms with E-state index in [0.717, 1.165) is 6.07 Å². The molecule has 0 atom stereocenters. The van der Waals surface area contributed by atoms with Gasteiger partial charge in [0.05, 0.1) is 10.5 Å². The maximum atomic E-state index is 13.5. The zero-order valence-corrected chi connectivity index (χ0v) is 15.6. The highest BCUT2D eigenvalue weighted by atomic mass is 32.2. The minimum Gasteiger partial charge on any atom is -0.452 e. The second kappa shape index (κ2) is 8.28. The average molecular weight is 394 g/mol. The zero-order chi connectivity index (χ0) is 20.2. The SMILES string of the molecule is Cc1cc(C(=O)OCC(=O)NCc2ccccc2F)cc(S(N)(=O)=O)c1C. The predicted molar refractivity (Wildman–Crippen MR) is 95.8 cm³/mol. The van der Waals surface area contributed by atoms with Crippen molar-refractivity contribution in [3.8, 4) is 0 Å². The molecule has 0 heterocycles. The van der Waals surface area contributed by atoms with Crippen LogP contribution in [0.15, 0.2) is 41.3 Å². The van der Waals surface area contributed by atoms with E-state index in [0.29, 0.717) is 16.7 Å². The van der Waals surface area contributed by atoms with Crippen LogP contribution in [0, 0.1) is 19.7 Å². The number of hydrogen-bond donors (Lipinski definition) is 2. The van der Waals surface area contributed by atoms with Gasteiger partial charge in [0.2, 0.25) is 10.0 Å². The molecule has 3 N–H and O–H groups in total. The Balaban J connectivity index is 2.00. The van der Waals surface area contributed by atoms with Crippen molar-refractivity contribution < 1.29 is 27.1 Å². The fourth-order valence-corrected chi connectivity index (χ4v) is 3.22. The summed E-state index contributed by atoms with van der Waals surface area (Å²) in [4.78, 5) is 23.7. The fraction of sp³-hybridized carbons (Fsp3) is 0.222. The molecule has 0 radical (unpaired) electrons. The van der Waals surface area contributed by atoms with Gasteiger partial charge in [-0.05, 0) is 43.2 Å². The Kier molecular flexibility index (Phi) is 6.29. The van der Waals surface area contributed by atoms with Crippen LogP contribution in [0.1, 0.15) is 27.0 Å². The Morgan fingerprint density at radius 3 is 2.48 bits per heavy atom. The maximum Gasteiger partial charge on any atom is 0.338 e. The number of sulfonamides is 1. The number of aryl methyl sites for hydroxylation is 1. The molecule has 0 aliphatic rings. The lowest BCUT2D eigenvalue weighted by molar-refractivity contribution is -0.124. The number of ether oxygens (including phenoxy) is 1. The largest absolute Gasteiger partial charge is 0.452 e. The van der Waals surface area contributed by atoms with Gasteiger partial charge >= 0.3 is 5.97 Å². The summed E-state index contributed by atoms with van der Waals surface area (Å²) in [6.45, 7) is 2.55. The molecule has 0 fully saturated rings. The Morgan fingerprint density at radius 2 is 1.85 bits per heavy atom. The van der Waals surface area contributed by atoms with Crippen LogP contribution < -0.4 is 10.5 Å². The summed E-state index contributed by atoms with van der Waals surface area (Å²) in [6.07, 6.45) is 0. The molecule has 1 amide bonds. The molecule has 144 valence electrons. The number of nitrogens with two attached hydrogens (primary N) is 1. The molecule has 2 rings (SSSR count). The summed E-state index contributed by atoms with van der Waals surface area (Å²) in [6, 6.07) is 8.51. The van der Waals surface area contributed by atoms with Crippen molar-refractivity contribution in [3.05, 3.63) is 64.5 Å². The normalized spacial score (nSPS) is 11.1. The van der Waals surface area contributed by atoms with Gasteiger partial charge in [0.1, 0.15) is 5.82 Å². The van der Waals surface area contributed by atoms with Crippen molar-refractivity contribution in [2.75, 3.05) is 6.61 Å². The first-order valence-electron chi connectivity index (χ1n) is 7.91. The topological polar surface area (TPSA) is 116 Å². The van der Waals surface area contributed by atoms with Crippen molar-refractivity contribution in [2.24, 2.45) is 5.14 Å². The molecular formula is C18H19FN2O5S. The number of rotatable bonds is 6. The van der Waals surface area contributed by atoms with E-state index < -0.39 is 34.3 Å². The molecule has 27 heavy (non-hydrogen) atoms. The lowest BCUT2D eigenvalue weighted by Gasteiger charge is -2.11. The Labute approximate surface area is 156 Å². The number of hydrogen-bond acceptors (Lipinski definition) is 5. The number of nitrogens with one attached hydrogen (secondary N) is 1. The Hall–Kier alpha value is -2.78. The lowest BCUT2D eigenvalue weighted by Crippen LogP contribution is -2.28. The van der Waals surface area contributed by atoms with Crippen molar-refractivity contribution in [2.45, 2.75) is 25.3 Å². The third-order valence-electron chi connectivity index (χ3n) is 3.93. The van der Waals surface area contributed by atoms with Crippen LogP contribution in [0.2, 0.25) is 0 Å². The van der Waals surface area contributed by atoms with Crippen LogP contribution in [0.4, 0.5) is 4.39 Å². The molecule has 7 nitrogen and oxygen atoms in total. The van der Waals surface area contributed by atoms with Crippen molar-refractivity contribution in [1.29, 1.82) is 0 Å². The van der Waals surface area contributed by atoms with E-state index in [4.69, 9.17) is 9.88 Å². The minimum atomic E-state index is -4.01. The number of carbonyl (C=O) groups is 2. The van der Waals surface area contributed by atoms with Gasteiger partial charge in [0.25, 0.3) is 5.91 Å². The summed E-state index contributed by atoms with van der Waals surface area (Å²) >= 11 is 0. The molecule has 0 unspecified atom stereocenters. The standard InChI is InChI=1S/C18H19FN2O5S/c1-11-7-14(8-16(12(11)2)27(20,24)25)18(23)26-10-17(22)21-9-13-5-3-4-6-15(13)19/h3-8H,9-10H2,1-2H3,(H,21,22)(H2,20,24,25). The summed E-state index contributed by atoms with van der Waals surface area (Å²) in [5.74, 6) is -1.95. The molecule has 0 saturated carbocycles. The average Bonchev–Trinajstić information content (AvgIpc) is 2.60. The van der Waals surface area contributed by atoms with Gasteiger partial charge in [-0.3, -0.25) is 4.79 Å². The van der Waals surface area contributed by atoms with Crippen LogP contribution >= 0.6 is 0 Å². The van der Waals surface area contributed by atoms with E-state index in [-0.39, 0.29) is 17.0 Å². The van der Waals surface area contributed by atoms with Gasteiger partial charge in [-0.2, -0.15) is 0 Å². The van der Waals surface area contributed by atoms with E-state index in [2.05, 4.69) is 5.32 Å². The van der Waals surface area contributed by atoms with E-state index in [1.54, 1.807) is 19.9 Å². The molecule has 0 saturated heterocycles. The number of amides is 1. The monoisotopic (exact) mass is 394 g/mol. The van der Waals surface area contributed by atoms with Gasteiger partial charge in [0.15, 0.2) is 6.61 Å². The molecule has 2 aromatic carbocycles. The molecular weight excluding hydrogens is 375 g/mol. The molecule has 0 spiro atoms. The smallest absolute Gasteiger partial charge is 0.338 e. The van der Waals surface area contributed by atoms with Crippen LogP contribution in [0.25, 0.3) is 0 Å². The van der Waals surface area contributed by atoms with Crippen LogP contribution in [0.5, 0.6) is 0 Å². The second-order valence-electron chi connectivity index (χ2n) is 5.91. The Morgan fingerprint density at radius 1 is 1.19 bits per heavy atom. The van der Waals surface area contributed by atoms with Crippen molar-refractivity contribution in [1.82, 2.24) is 5.32 Å².